The van der Waals surface area contributed by atoms with Crippen LogP contribution in [0, 0.1) is 0 Å². The Morgan fingerprint density at radius 3 is 1.71 bits per heavy atom. The Bertz CT molecular complexity index is 880. The van der Waals surface area contributed by atoms with Crippen LogP contribution in [0.1, 0.15) is 36.1 Å². The molecule has 0 saturated heterocycles. The summed E-state index contributed by atoms with van der Waals surface area (Å²) in [6.07, 6.45) is 5.27. The predicted octanol–water partition coefficient (Wildman–Crippen LogP) is 5.03. The van der Waals surface area contributed by atoms with E-state index in [1.807, 2.05) is 0 Å². The lowest BCUT2D eigenvalue weighted by molar-refractivity contribution is -0.417. The Morgan fingerprint density at radius 1 is 0.708 bits per heavy atom. The molecule has 0 atom stereocenters. The average Bonchev–Trinajstić information content (AvgIpc) is 2.60. The van der Waals surface area contributed by atoms with Gasteiger partial charge in [0, 0.05) is 12.2 Å². The van der Waals surface area contributed by atoms with E-state index in [0.717, 1.165) is 12.2 Å². The second-order valence-electron chi connectivity index (χ2n) is 6.50. The molecule has 0 fully saturated rings. The minimum absolute atomic E-state index is 0.923. The molecule has 0 unspecified atom stereocenters. The third kappa shape index (κ3) is 2.28. The molecule has 2 aromatic carbocycles. The number of benzene rings is 2. The molecule has 2 aromatic rings. The maximum absolute atomic E-state index is 5.45. The van der Waals surface area contributed by atoms with Gasteiger partial charge in [0.2, 0.25) is 0 Å². The van der Waals surface area contributed by atoms with E-state index in [2.05, 4.69) is 74.5 Å². The molecule has 2 aliphatic carbocycles. The number of hydrogen-bond acceptors (Lipinski definition) is 0. The van der Waals surface area contributed by atoms with E-state index in [0.29, 0.717) is 0 Å². The Labute approximate surface area is 143 Å². The largest absolute Gasteiger partial charge is 0.343 e. The second kappa shape index (κ2) is 5.76. The maximum Gasteiger partial charge on any atom is 0.343 e. The van der Waals surface area contributed by atoms with Gasteiger partial charge in [0.1, 0.15) is 0 Å². The fourth-order valence-corrected chi connectivity index (χ4v) is 3.89. The molecule has 24 heavy (non-hydrogen) atoms. The van der Waals surface area contributed by atoms with Crippen LogP contribution >= 0.6 is 0 Å². The molecule has 0 radical (unpaired) electrons. The zero-order valence-electron chi connectivity index (χ0n) is 14.4. The first-order valence-corrected chi connectivity index (χ1v) is 8.38. The highest BCUT2D eigenvalue weighted by Gasteiger charge is 2.26. The van der Waals surface area contributed by atoms with Gasteiger partial charge in [-0.15, -0.1) is 0 Å². The fourth-order valence-electron chi connectivity index (χ4n) is 3.89. The molecule has 1 heteroatoms. The first-order valence-electron chi connectivity index (χ1n) is 8.38. The quantitative estimate of drug-likeness (QED) is 0.516. The summed E-state index contributed by atoms with van der Waals surface area (Å²) in [7, 11) is 1.73. The van der Waals surface area contributed by atoms with Crippen LogP contribution in [0.15, 0.2) is 77.4 Å². The third-order valence-corrected chi connectivity index (χ3v) is 4.95. The molecule has 0 aromatic heterocycles. The number of ketones is 1. The summed E-state index contributed by atoms with van der Waals surface area (Å²) in [5.41, 5.74) is 10.7. The van der Waals surface area contributed by atoms with Crippen LogP contribution < -0.4 is 0 Å². The molecule has 4 rings (SSSR count). The van der Waals surface area contributed by atoms with Crippen molar-refractivity contribution in [3.8, 4) is 0 Å². The van der Waals surface area contributed by atoms with Crippen molar-refractivity contribution >= 4 is 11.4 Å². The number of fused-ring (bicyclic) bond motifs is 2. The summed E-state index contributed by atoms with van der Waals surface area (Å²) >= 11 is 0. The molecule has 0 heterocycles. The van der Waals surface area contributed by atoms with E-state index < -0.39 is 0 Å². The standard InChI is InChI=1S/C23H21O/c1-15-12-19(24-3)13-16(2)22(15)23-20-10-6-4-8-17(20)14-18-9-5-7-11-21(18)23/h4-13H,14H2,1-3H3/q+1. The minimum atomic E-state index is 0.923. The number of allylic oxidation sites excluding steroid dienone is 5. The fraction of sp³-hybridized carbons (Fsp3) is 0.174. The molecule has 0 spiro atoms. The van der Waals surface area contributed by atoms with Gasteiger partial charge in [0.25, 0.3) is 7.11 Å². The number of hydrogen-bond donors (Lipinski definition) is 0. The van der Waals surface area contributed by atoms with Gasteiger partial charge in [-0.2, -0.15) is 0 Å². The molecule has 2 aliphatic rings. The van der Waals surface area contributed by atoms with Gasteiger partial charge in [-0.3, -0.25) is 4.42 Å². The van der Waals surface area contributed by atoms with E-state index in [4.69, 9.17) is 4.42 Å². The summed E-state index contributed by atoms with van der Waals surface area (Å²) in [5.74, 6) is 0.923. The highest BCUT2D eigenvalue weighted by molar-refractivity contribution is 6.06. The Kier molecular flexibility index (Phi) is 3.57. The lowest BCUT2D eigenvalue weighted by atomic mass is 9.76. The highest BCUT2D eigenvalue weighted by atomic mass is 16.4. The van der Waals surface area contributed by atoms with Crippen molar-refractivity contribution in [1.29, 1.82) is 0 Å². The van der Waals surface area contributed by atoms with Crippen molar-refractivity contribution in [2.75, 3.05) is 7.11 Å². The lowest BCUT2D eigenvalue weighted by Crippen LogP contribution is -2.12. The van der Waals surface area contributed by atoms with E-state index in [-0.39, 0.29) is 0 Å². The first-order chi connectivity index (χ1) is 11.7. The van der Waals surface area contributed by atoms with Crippen molar-refractivity contribution in [3.63, 3.8) is 0 Å². The van der Waals surface area contributed by atoms with Crippen LogP contribution in [-0.4, -0.2) is 12.9 Å². The maximum atomic E-state index is 5.45. The normalized spacial score (nSPS) is 16.2. The SMILES string of the molecule is C[O+]=C1C=C(C)C(=C2c3ccccc3Cc3ccccc32)C(C)=C1. The zero-order valence-corrected chi connectivity index (χ0v) is 14.4. The van der Waals surface area contributed by atoms with Crippen LogP contribution in [0.5, 0.6) is 0 Å². The summed E-state index contributed by atoms with van der Waals surface area (Å²) in [6, 6.07) is 17.6. The van der Waals surface area contributed by atoms with Gasteiger partial charge in [-0.05, 0) is 64.8 Å². The van der Waals surface area contributed by atoms with Crippen molar-refractivity contribution in [2.24, 2.45) is 0 Å². The smallest absolute Gasteiger partial charge is 0.258 e. The van der Waals surface area contributed by atoms with Gasteiger partial charge < -0.3 is 0 Å². The Balaban J connectivity index is 2.07. The third-order valence-electron chi connectivity index (χ3n) is 4.95. The summed E-state index contributed by atoms with van der Waals surface area (Å²) in [5, 5.41) is 0. The molecular formula is C23H21O+. The summed E-state index contributed by atoms with van der Waals surface area (Å²) < 4.78 is 5.45. The zero-order chi connectivity index (χ0) is 16.7. The van der Waals surface area contributed by atoms with Gasteiger partial charge >= 0.3 is 5.78 Å². The molecule has 1 nitrogen and oxygen atoms in total. The Morgan fingerprint density at radius 2 is 1.21 bits per heavy atom. The van der Waals surface area contributed by atoms with E-state index >= 15 is 0 Å². The minimum Gasteiger partial charge on any atom is -0.258 e. The highest BCUT2D eigenvalue weighted by Crippen LogP contribution is 2.42. The molecule has 0 N–H and O–H groups in total. The second-order valence-corrected chi connectivity index (χ2v) is 6.50. The van der Waals surface area contributed by atoms with Gasteiger partial charge in [-0.1, -0.05) is 48.5 Å². The molecule has 118 valence electrons. The first kappa shape index (κ1) is 14.9. The van der Waals surface area contributed by atoms with Crippen molar-refractivity contribution in [2.45, 2.75) is 20.3 Å². The van der Waals surface area contributed by atoms with E-state index in [9.17, 15) is 0 Å². The molecule has 0 bridgehead atoms. The van der Waals surface area contributed by atoms with E-state index in [1.54, 1.807) is 7.11 Å². The van der Waals surface area contributed by atoms with Crippen LogP contribution in [0.4, 0.5) is 0 Å². The van der Waals surface area contributed by atoms with E-state index in [1.165, 1.54) is 44.5 Å². The topological polar surface area (TPSA) is 11.3 Å². The predicted molar refractivity (Wildman–Crippen MR) is 100 cm³/mol. The van der Waals surface area contributed by atoms with Crippen LogP contribution in [0.25, 0.3) is 5.57 Å². The number of carbonyl (C=O) groups excluding carboxylic acids is 1. The summed E-state index contributed by atoms with van der Waals surface area (Å²) in [6.45, 7) is 4.36. The van der Waals surface area contributed by atoms with Gasteiger partial charge in [0.05, 0.1) is 0 Å². The summed E-state index contributed by atoms with van der Waals surface area (Å²) in [4.78, 5) is 0. The molecule has 0 aliphatic heterocycles. The number of rotatable bonds is 0. The van der Waals surface area contributed by atoms with Crippen LogP contribution in [0.2, 0.25) is 0 Å². The molecule has 0 saturated carbocycles. The Hall–Kier alpha value is -2.67. The van der Waals surface area contributed by atoms with Crippen LogP contribution in [-0.2, 0) is 10.8 Å². The average molecular weight is 313 g/mol. The molecule has 0 amide bonds. The molecular weight excluding hydrogens is 292 g/mol. The van der Waals surface area contributed by atoms with Crippen LogP contribution in [0.3, 0.4) is 0 Å². The van der Waals surface area contributed by atoms with Gasteiger partial charge in [0.15, 0.2) is 0 Å². The van der Waals surface area contributed by atoms with Crippen molar-refractivity contribution in [3.05, 3.63) is 99.7 Å². The van der Waals surface area contributed by atoms with Crippen molar-refractivity contribution < 1.29 is 4.42 Å². The monoisotopic (exact) mass is 313 g/mol. The van der Waals surface area contributed by atoms with Gasteiger partial charge in [-0.25, -0.2) is 0 Å². The lowest BCUT2D eigenvalue weighted by Gasteiger charge is -2.27. The van der Waals surface area contributed by atoms with Crippen molar-refractivity contribution in [1.82, 2.24) is 0 Å².